The van der Waals surface area contributed by atoms with Gasteiger partial charge < -0.3 is 15.0 Å². The Hall–Kier alpha value is -2.49. The molecule has 4 nitrogen and oxygen atoms in total. The van der Waals surface area contributed by atoms with Crippen LogP contribution in [0.5, 0.6) is 5.75 Å². The van der Waals surface area contributed by atoms with Crippen LogP contribution >= 0.6 is 0 Å². The average molecular weight is 310 g/mol. The Morgan fingerprint density at radius 3 is 2.70 bits per heavy atom. The van der Waals surface area contributed by atoms with Crippen LogP contribution in [0.15, 0.2) is 48.5 Å². The van der Waals surface area contributed by atoms with E-state index in [1.807, 2.05) is 30.3 Å². The van der Waals surface area contributed by atoms with Gasteiger partial charge in [-0.25, -0.2) is 0 Å². The van der Waals surface area contributed by atoms with Crippen molar-refractivity contribution < 1.29 is 9.53 Å². The number of fused-ring (bicyclic) bond motifs is 1. The highest BCUT2D eigenvalue weighted by Crippen LogP contribution is 2.31. The lowest BCUT2D eigenvalue weighted by Gasteiger charge is -2.24. The lowest BCUT2D eigenvalue weighted by Crippen LogP contribution is -2.39. The van der Waals surface area contributed by atoms with Crippen molar-refractivity contribution in [2.45, 2.75) is 25.9 Å². The first-order valence-electron chi connectivity index (χ1n) is 7.91. The van der Waals surface area contributed by atoms with Crippen LogP contribution < -0.4 is 15.0 Å². The summed E-state index contributed by atoms with van der Waals surface area (Å²) in [6, 6.07) is 16.4. The molecule has 1 unspecified atom stereocenters. The quantitative estimate of drug-likeness (QED) is 0.923. The Labute approximate surface area is 137 Å². The van der Waals surface area contributed by atoms with Crippen LogP contribution in [-0.4, -0.2) is 25.6 Å². The summed E-state index contributed by atoms with van der Waals surface area (Å²) in [5.74, 6) is 0.868. The van der Waals surface area contributed by atoms with Gasteiger partial charge in [-0.15, -0.1) is 0 Å². The zero-order valence-electron chi connectivity index (χ0n) is 13.6. The molecule has 23 heavy (non-hydrogen) atoms. The third-order valence-electron chi connectivity index (χ3n) is 4.31. The van der Waals surface area contributed by atoms with Crippen LogP contribution in [-0.2, 0) is 17.8 Å². The van der Waals surface area contributed by atoms with Crippen LogP contribution in [0.1, 0.15) is 18.1 Å². The summed E-state index contributed by atoms with van der Waals surface area (Å²) in [4.78, 5) is 14.5. The van der Waals surface area contributed by atoms with Crippen molar-refractivity contribution in [3.8, 4) is 5.75 Å². The van der Waals surface area contributed by atoms with Crippen molar-refractivity contribution in [2.75, 3.05) is 18.6 Å². The third-order valence-corrected chi connectivity index (χ3v) is 4.31. The molecule has 1 aliphatic rings. The predicted molar refractivity (Wildman–Crippen MR) is 91.8 cm³/mol. The molecule has 1 atom stereocenters. The van der Waals surface area contributed by atoms with Crippen molar-refractivity contribution in [3.63, 3.8) is 0 Å². The van der Waals surface area contributed by atoms with Crippen molar-refractivity contribution in [1.29, 1.82) is 0 Å². The highest BCUT2D eigenvalue weighted by molar-refractivity contribution is 5.82. The Morgan fingerprint density at radius 1 is 1.22 bits per heavy atom. The van der Waals surface area contributed by atoms with Crippen LogP contribution in [0.4, 0.5) is 5.69 Å². The van der Waals surface area contributed by atoms with Gasteiger partial charge in [0, 0.05) is 18.3 Å². The number of hydrogen-bond acceptors (Lipinski definition) is 3. The minimum Gasteiger partial charge on any atom is -0.497 e. The second-order valence-corrected chi connectivity index (χ2v) is 5.93. The molecule has 0 radical (unpaired) electrons. The first-order chi connectivity index (χ1) is 11.2. The number of hydrogen-bond donors (Lipinski definition) is 1. The zero-order valence-corrected chi connectivity index (χ0v) is 13.6. The largest absolute Gasteiger partial charge is 0.497 e. The first-order valence-corrected chi connectivity index (χ1v) is 7.91. The summed E-state index contributed by atoms with van der Waals surface area (Å²) in [7, 11) is 1.64. The number of nitrogens with one attached hydrogen (secondary N) is 1. The van der Waals surface area contributed by atoms with Crippen molar-refractivity contribution in [1.82, 2.24) is 5.32 Å². The molecule has 0 spiro atoms. The fourth-order valence-electron chi connectivity index (χ4n) is 3.03. The van der Waals surface area contributed by atoms with Gasteiger partial charge >= 0.3 is 0 Å². The summed E-state index contributed by atoms with van der Waals surface area (Å²) >= 11 is 0. The standard InChI is InChI=1S/C19H22N2O2/c1-14-11-16-5-3-4-6-18(16)21(14)13-19(22)20-12-15-7-9-17(23-2)10-8-15/h3-10,14H,11-13H2,1-2H3,(H,20,22). The number of carbonyl (C=O) groups excluding carboxylic acids is 1. The Kier molecular flexibility index (Phi) is 4.51. The molecule has 4 heteroatoms. The van der Waals surface area contributed by atoms with Crippen LogP contribution in [0.25, 0.3) is 0 Å². The third kappa shape index (κ3) is 3.47. The molecular weight excluding hydrogens is 288 g/mol. The molecule has 2 aromatic rings. The van der Waals surface area contributed by atoms with Gasteiger partial charge in [-0.2, -0.15) is 0 Å². The molecule has 1 amide bonds. The number of carbonyl (C=O) groups is 1. The minimum absolute atomic E-state index is 0.0457. The van der Waals surface area contributed by atoms with Gasteiger partial charge in [-0.3, -0.25) is 4.79 Å². The van der Waals surface area contributed by atoms with E-state index < -0.39 is 0 Å². The highest BCUT2D eigenvalue weighted by atomic mass is 16.5. The number of methoxy groups -OCH3 is 1. The molecule has 2 aromatic carbocycles. The van der Waals surface area contributed by atoms with E-state index in [9.17, 15) is 4.79 Å². The Balaban J connectivity index is 1.57. The normalized spacial score (nSPS) is 16.1. The maximum absolute atomic E-state index is 12.3. The SMILES string of the molecule is COc1ccc(CNC(=O)CN2c3ccccc3CC2C)cc1. The van der Waals surface area contributed by atoms with Gasteiger partial charge in [-0.1, -0.05) is 30.3 Å². The number of ether oxygens (including phenoxy) is 1. The Morgan fingerprint density at radius 2 is 1.96 bits per heavy atom. The van der Waals surface area contributed by atoms with Crippen LogP contribution in [0.3, 0.4) is 0 Å². The van der Waals surface area contributed by atoms with Gasteiger partial charge in [0.05, 0.1) is 13.7 Å². The van der Waals surface area contributed by atoms with Gasteiger partial charge in [0.25, 0.3) is 0 Å². The van der Waals surface area contributed by atoms with E-state index in [1.54, 1.807) is 7.11 Å². The van der Waals surface area contributed by atoms with E-state index in [2.05, 4.69) is 35.3 Å². The molecule has 120 valence electrons. The maximum atomic E-state index is 12.3. The van der Waals surface area contributed by atoms with Crippen LogP contribution in [0.2, 0.25) is 0 Å². The summed E-state index contributed by atoms with van der Waals surface area (Å²) in [5.41, 5.74) is 3.57. The second kappa shape index (κ2) is 6.73. The summed E-state index contributed by atoms with van der Waals surface area (Å²) in [6.07, 6.45) is 1.00. The molecule has 0 saturated carbocycles. The average Bonchev–Trinajstić information content (AvgIpc) is 2.89. The molecule has 0 aliphatic carbocycles. The number of nitrogens with zero attached hydrogens (tertiary/aromatic N) is 1. The Bertz CT molecular complexity index is 682. The smallest absolute Gasteiger partial charge is 0.239 e. The molecule has 1 N–H and O–H groups in total. The van der Waals surface area contributed by atoms with Crippen LogP contribution in [0, 0.1) is 0 Å². The van der Waals surface area contributed by atoms with E-state index in [4.69, 9.17) is 4.74 Å². The molecule has 0 bridgehead atoms. The van der Waals surface area contributed by atoms with E-state index in [-0.39, 0.29) is 5.91 Å². The van der Waals surface area contributed by atoms with Gasteiger partial charge in [-0.05, 0) is 42.7 Å². The highest BCUT2D eigenvalue weighted by Gasteiger charge is 2.26. The van der Waals surface area contributed by atoms with Gasteiger partial charge in [0.15, 0.2) is 0 Å². The molecule has 0 fully saturated rings. The van der Waals surface area contributed by atoms with Gasteiger partial charge in [0.2, 0.25) is 5.91 Å². The molecule has 1 aliphatic heterocycles. The molecule has 0 aromatic heterocycles. The second-order valence-electron chi connectivity index (χ2n) is 5.93. The van der Waals surface area contributed by atoms with E-state index in [1.165, 1.54) is 11.3 Å². The first kappa shape index (κ1) is 15.4. The van der Waals surface area contributed by atoms with E-state index >= 15 is 0 Å². The van der Waals surface area contributed by atoms with Crippen molar-refractivity contribution >= 4 is 11.6 Å². The number of para-hydroxylation sites is 1. The fraction of sp³-hybridized carbons (Fsp3) is 0.316. The number of benzene rings is 2. The minimum atomic E-state index is 0.0457. The van der Waals surface area contributed by atoms with Gasteiger partial charge in [0.1, 0.15) is 5.75 Å². The topological polar surface area (TPSA) is 41.6 Å². The lowest BCUT2D eigenvalue weighted by molar-refractivity contribution is -0.120. The number of anilines is 1. The lowest BCUT2D eigenvalue weighted by atomic mass is 10.1. The summed E-state index contributed by atoms with van der Waals surface area (Å²) in [5, 5.41) is 2.99. The monoisotopic (exact) mass is 310 g/mol. The zero-order chi connectivity index (χ0) is 16.2. The molecular formula is C19H22N2O2. The number of rotatable bonds is 5. The molecule has 1 heterocycles. The van der Waals surface area contributed by atoms with Crippen molar-refractivity contribution in [3.05, 3.63) is 59.7 Å². The predicted octanol–water partition coefficient (Wildman–Crippen LogP) is 2.76. The maximum Gasteiger partial charge on any atom is 0.239 e. The fourth-order valence-corrected chi connectivity index (χ4v) is 3.03. The van der Waals surface area contributed by atoms with Crippen molar-refractivity contribution in [2.24, 2.45) is 0 Å². The molecule has 3 rings (SSSR count). The summed E-state index contributed by atoms with van der Waals surface area (Å²) < 4.78 is 5.13. The molecule has 0 saturated heterocycles. The number of amides is 1. The van der Waals surface area contributed by atoms with E-state index in [0.717, 1.165) is 17.7 Å². The summed E-state index contributed by atoms with van der Waals surface area (Å²) in [6.45, 7) is 3.10. The van der Waals surface area contributed by atoms with E-state index in [0.29, 0.717) is 19.1 Å².